The van der Waals surface area contributed by atoms with Gasteiger partial charge < -0.3 is 14.6 Å². The summed E-state index contributed by atoms with van der Waals surface area (Å²) in [5, 5.41) is 8.69. The van der Waals surface area contributed by atoms with Crippen LogP contribution in [0, 0.1) is 0 Å². The Morgan fingerprint density at radius 2 is 2.43 bits per heavy atom. The molecule has 1 fully saturated rings. The minimum atomic E-state index is -0.839. The Bertz CT molecular complexity index is 186. The molecule has 1 aliphatic heterocycles. The largest absolute Gasteiger partial charge is 0.479 e. The van der Waals surface area contributed by atoms with Crippen LogP contribution in [-0.2, 0) is 14.3 Å². The van der Waals surface area contributed by atoms with E-state index in [-0.39, 0.29) is 6.10 Å². The molecule has 2 atom stereocenters. The van der Waals surface area contributed by atoms with Crippen LogP contribution in [0.3, 0.4) is 0 Å². The fraction of sp³-hybridized carbons (Fsp3) is 0.889. The summed E-state index contributed by atoms with van der Waals surface area (Å²) in [5.41, 5.74) is 0. The summed E-state index contributed by atoms with van der Waals surface area (Å²) < 4.78 is 10.3. The molecule has 0 aromatic heterocycles. The van der Waals surface area contributed by atoms with E-state index in [0.29, 0.717) is 6.42 Å². The van der Waals surface area contributed by atoms with Crippen molar-refractivity contribution >= 4 is 17.7 Å². The monoisotopic (exact) mass is 220 g/mol. The fourth-order valence-corrected chi connectivity index (χ4v) is 2.33. The molecule has 2 unspecified atom stereocenters. The van der Waals surface area contributed by atoms with Crippen molar-refractivity contribution in [1.29, 1.82) is 0 Å². The number of methoxy groups -OCH3 is 1. The van der Waals surface area contributed by atoms with E-state index >= 15 is 0 Å². The molecule has 1 heterocycles. The first kappa shape index (κ1) is 11.8. The lowest BCUT2D eigenvalue weighted by molar-refractivity contribution is -0.148. The fourth-order valence-electron chi connectivity index (χ4n) is 1.37. The molecular weight excluding hydrogens is 204 g/mol. The zero-order valence-electron chi connectivity index (χ0n) is 8.27. The minimum Gasteiger partial charge on any atom is -0.479 e. The van der Waals surface area contributed by atoms with Gasteiger partial charge in [0.1, 0.15) is 0 Å². The van der Waals surface area contributed by atoms with Crippen LogP contribution >= 0.6 is 11.8 Å². The van der Waals surface area contributed by atoms with Crippen molar-refractivity contribution in [1.82, 2.24) is 0 Å². The van der Waals surface area contributed by atoms with Gasteiger partial charge in [-0.15, -0.1) is 0 Å². The smallest absolute Gasteiger partial charge is 0.332 e. The number of ether oxygens (including phenoxy) is 2. The topological polar surface area (TPSA) is 55.8 Å². The number of rotatable bonds is 6. The van der Waals surface area contributed by atoms with Crippen molar-refractivity contribution in [2.24, 2.45) is 0 Å². The van der Waals surface area contributed by atoms with Gasteiger partial charge in [0.15, 0.2) is 6.10 Å². The molecule has 1 aliphatic rings. The second-order valence-electron chi connectivity index (χ2n) is 3.23. The Balaban J connectivity index is 2.07. The van der Waals surface area contributed by atoms with Crippen LogP contribution in [0.1, 0.15) is 12.8 Å². The summed E-state index contributed by atoms with van der Waals surface area (Å²) in [6.45, 7) is 0.736. The van der Waals surface area contributed by atoms with Gasteiger partial charge in [0.2, 0.25) is 0 Å². The molecule has 0 radical (unpaired) electrons. The average molecular weight is 220 g/mol. The summed E-state index contributed by atoms with van der Waals surface area (Å²) in [6, 6.07) is 0. The first-order valence-corrected chi connectivity index (χ1v) is 5.84. The number of carbonyl (C=O) groups is 1. The van der Waals surface area contributed by atoms with Gasteiger partial charge >= 0.3 is 5.97 Å². The third kappa shape index (κ3) is 3.86. The highest BCUT2D eigenvalue weighted by Gasteiger charge is 2.29. The van der Waals surface area contributed by atoms with Crippen molar-refractivity contribution in [3.8, 4) is 0 Å². The lowest BCUT2D eigenvalue weighted by atomic mass is 10.2. The number of hydrogen-bond donors (Lipinski definition) is 1. The summed E-state index contributed by atoms with van der Waals surface area (Å²) in [7, 11) is 1.67. The number of hydrogen-bond acceptors (Lipinski definition) is 4. The van der Waals surface area contributed by atoms with Crippen molar-refractivity contribution < 1.29 is 19.4 Å². The molecule has 1 N–H and O–H groups in total. The molecule has 5 heteroatoms. The van der Waals surface area contributed by atoms with Crippen molar-refractivity contribution in [3.05, 3.63) is 0 Å². The number of aliphatic carboxylic acids is 1. The highest BCUT2D eigenvalue weighted by molar-refractivity contribution is 7.99. The molecular formula is C9H16O4S. The van der Waals surface area contributed by atoms with Gasteiger partial charge in [-0.05, 0) is 12.8 Å². The van der Waals surface area contributed by atoms with E-state index in [2.05, 4.69) is 0 Å². The highest BCUT2D eigenvalue weighted by Crippen LogP contribution is 2.22. The molecule has 0 aliphatic carbocycles. The summed E-state index contributed by atoms with van der Waals surface area (Å²) in [6.07, 6.45) is 1.03. The molecule has 1 saturated heterocycles. The third-order valence-corrected chi connectivity index (χ3v) is 3.18. The SMILES string of the molecule is COCCSCC1CCC(C(=O)O)O1. The highest BCUT2D eigenvalue weighted by atomic mass is 32.2. The van der Waals surface area contributed by atoms with Gasteiger partial charge in [0.25, 0.3) is 0 Å². The maximum absolute atomic E-state index is 10.6. The molecule has 14 heavy (non-hydrogen) atoms. The Morgan fingerprint density at radius 1 is 1.64 bits per heavy atom. The lowest BCUT2D eigenvalue weighted by Crippen LogP contribution is -2.21. The quantitative estimate of drug-likeness (QED) is 0.677. The second kappa shape index (κ2) is 6.27. The van der Waals surface area contributed by atoms with Crippen molar-refractivity contribution in [2.45, 2.75) is 25.0 Å². The maximum atomic E-state index is 10.6. The molecule has 82 valence electrons. The van der Waals surface area contributed by atoms with E-state index < -0.39 is 12.1 Å². The predicted molar refractivity (Wildman–Crippen MR) is 54.7 cm³/mol. The van der Waals surface area contributed by atoms with Crippen LogP contribution in [0.15, 0.2) is 0 Å². The van der Waals surface area contributed by atoms with E-state index in [1.54, 1.807) is 18.9 Å². The first-order valence-electron chi connectivity index (χ1n) is 4.69. The van der Waals surface area contributed by atoms with E-state index in [0.717, 1.165) is 24.5 Å². The van der Waals surface area contributed by atoms with Crippen LogP contribution in [0.2, 0.25) is 0 Å². The van der Waals surface area contributed by atoms with Crippen molar-refractivity contribution in [2.75, 3.05) is 25.2 Å². The Kier molecular flexibility index (Phi) is 5.29. The number of carboxylic acids is 1. The average Bonchev–Trinajstić information content (AvgIpc) is 2.61. The van der Waals surface area contributed by atoms with E-state index in [4.69, 9.17) is 14.6 Å². The van der Waals surface area contributed by atoms with Gasteiger partial charge in [0.05, 0.1) is 12.7 Å². The maximum Gasteiger partial charge on any atom is 0.332 e. The van der Waals surface area contributed by atoms with Crippen LogP contribution in [-0.4, -0.2) is 48.5 Å². The zero-order chi connectivity index (χ0) is 10.4. The Labute approximate surface area is 88.0 Å². The standard InChI is InChI=1S/C9H16O4S/c1-12-4-5-14-6-7-2-3-8(13-7)9(10)11/h7-8H,2-6H2,1H3,(H,10,11). The summed E-state index contributed by atoms with van der Waals surface area (Å²) in [5.74, 6) is 0.968. The molecule has 0 spiro atoms. The van der Waals surface area contributed by atoms with E-state index in [1.165, 1.54) is 0 Å². The van der Waals surface area contributed by atoms with Crippen LogP contribution < -0.4 is 0 Å². The Morgan fingerprint density at radius 3 is 3.00 bits per heavy atom. The van der Waals surface area contributed by atoms with Gasteiger partial charge in [-0.3, -0.25) is 0 Å². The molecule has 4 nitrogen and oxygen atoms in total. The number of thioether (sulfide) groups is 1. The third-order valence-electron chi connectivity index (χ3n) is 2.12. The molecule has 0 aromatic carbocycles. The van der Waals surface area contributed by atoms with E-state index in [1.807, 2.05) is 0 Å². The molecule has 0 saturated carbocycles. The summed E-state index contributed by atoms with van der Waals surface area (Å²) in [4.78, 5) is 10.6. The molecule has 1 rings (SSSR count). The molecule has 0 bridgehead atoms. The molecule has 0 amide bonds. The molecule has 0 aromatic rings. The second-order valence-corrected chi connectivity index (χ2v) is 4.38. The normalized spacial score (nSPS) is 26.6. The van der Waals surface area contributed by atoms with Crippen molar-refractivity contribution in [3.63, 3.8) is 0 Å². The first-order chi connectivity index (χ1) is 6.74. The number of carboxylic acid groups (broad SMARTS) is 1. The zero-order valence-corrected chi connectivity index (χ0v) is 9.09. The van der Waals surface area contributed by atoms with Gasteiger partial charge in [-0.2, -0.15) is 11.8 Å². The van der Waals surface area contributed by atoms with Crippen LogP contribution in [0.25, 0.3) is 0 Å². The predicted octanol–water partition coefficient (Wildman–Crippen LogP) is 0.998. The van der Waals surface area contributed by atoms with Gasteiger partial charge in [-0.1, -0.05) is 0 Å². The van der Waals surface area contributed by atoms with Gasteiger partial charge in [-0.25, -0.2) is 4.79 Å². The van der Waals surface area contributed by atoms with Gasteiger partial charge in [0, 0.05) is 18.6 Å². The van der Waals surface area contributed by atoms with E-state index in [9.17, 15) is 4.79 Å². The van der Waals surface area contributed by atoms with Crippen LogP contribution in [0.4, 0.5) is 0 Å². The lowest BCUT2D eigenvalue weighted by Gasteiger charge is -2.10. The Hall–Kier alpha value is -0.260. The van der Waals surface area contributed by atoms with Crippen LogP contribution in [0.5, 0.6) is 0 Å². The minimum absolute atomic E-state index is 0.109. The summed E-state index contributed by atoms with van der Waals surface area (Å²) >= 11 is 1.75.